The van der Waals surface area contributed by atoms with Crippen LogP contribution in [0, 0.1) is 0 Å². The number of ether oxygens (including phenoxy) is 1. The van der Waals surface area contributed by atoms with Gasteiger partial charge in [0, 0.05) is 24.2 Å². The molecule has 1 saturated heterocycles. The smallest absolute Gasteiger partial charge is 0.0674 e. The summed E-state index contributed by atoms with van der Waals surface area (Å²) in [5, 5.41) is 3.56. The van der Waals surface area contributed by atoms with Crippen molar-refractivity contribution >= 4 is 0 Å². The third-order valence-electron chi connectivity index (χ3n) is 3.68. The molecular weight excluding hydrogens is 224 g/mol. The van der Waals surface area contributed by atoms with Crippen LogP contribution in [0.1, 0.15) is 54.4 Å². The summed E-state index contributed by atoms with van der Waals surface area (Å²) >= 11 is 0. The van der Waals surface area contributed by atoms with E-state index in [1.54, 1.807) is 0 Å². The van der Waals surface area contributed by atoms with Crippen molar-refractivity contribution in [3.63, 3.8) is 0 Å². The van der Waals surface area contributed by atoms with Crippen molar-refractivity contribution in [3.05, 3.63) is 0 Å². The zero-order valence-electron chi connectivity index (χ0n) is 13.1. The minimum absolute atomic E-state index is 0.240. The van der Waals surface area contributed by atoms with Gasteiger partial charge < -0.3 is 10.1 Å². The highest BCUT2D eigenvalue weighted by atomic mass is 16.5. The number of hydrogen-bond donors (Lipinski definition) is 1. The van der Waals surface area contributed by atoms with E-state index in [2.05, 4.69) is 51.8 Å². The number of nitrogens with zero attached hydrogens (tertiary/aromatic N) is 1. The normalized spacial score (nSPS) is 28.3. The molecule has 0 saturated carbocycles. The Morgan fingerprint density at radius 3 is 2.61 bits per heavy atom. The highest BCUT2D eigenvalue weighted by Crippen LogP contribution is 2.17. The lowest BCUT2D eigenvalue weighted by atomic mass is 10.1. The van der Waals surface area contributed by atoms with E-state index >= 15 is 0 Å². The Hall–Kier alpha value is -0.120. The molecule has 0 aliphatic carbocycles. The first kappa shape index (κ1) is 15.9. The Morgan fingerprint density at radius 1 is 1.33 bits per heavy atom. The summed E-state index contributed by atoms with van der Waals surface area (Å²) in [7, 11) is 0. The molecule has 0 bridgehead atoms. The Kier molecular flexibility index (Phi) is 6.09. The SMILES string of the molecule is CC1CN(C(C)CCCNC(C)(C)C)C(C)CO1. The van der Waals surface area contributed by atoms with Crippen molar-refractivity contribution in [2.24, 2.45) is 0 Å². The highest BCUT2D eigenvalue weighted by Gasteiger charge is 2.26. The largest absolute Gasteiger partial charge is 0.376 e. The van der Waals surface area contributed by atoms with Gasteiger partial charge in [-0.15, -0.1) is 0 Å². The fourth-order valence-electron chi connectivity index (χ4n) is 2.57. The molecule has 0 radical (unpaired) electrons. The minimum Gasteiger partial charge on any atom is -0.376 e. The maximum atomic E-state index is 5.69. The second-order valence-corrected chi connectivity index (χ2v) is 6.86. The van der Waals surface area contributed by atoms with E-state index < -0.39 is 0 Å². The lowest BCUT2D eigenvalue weighted by molar-refractivity contribution is -0.0645. The van der Waals surface area contributed by atoms with Gasteiger partial charge in [-0.2, -0.15) is 0 Å². The van der Waals surface area contributed by atoms with E-state index in [1.165, 1.54) is 12.8 Å². The van der Waals surface area contributed by atoms with Gasteiger partial charge in [-0.3, -0.25) is 4.90 Å². The van der Waals surface area contributed by atoms with Gasteiger partial charge in [-0.1, -0.05) is 0 Å². The van der Waals surface area contributed by atoms with Gasteiger partial charge in [0.25, 0.3) is 0 Å². The van der Waals surface area contributed by atoms with E-state index in [9.17, 15) is 0 Å². The quantitative estimate of drug-likeness (QED) is 0.765. The number of hydrogen-bond acceptors (Lipinski definition) is 3. The van der Waals surface area contributed by atoms with Crippen LogP contribution in [-0.2, 0) is 4.74 Å². The third-order valence-corrected chi connectivity index (χ3v) is 3.68. The molecule has 0 aromatic heterocycles. The molecule has 1 heterocycles. The first-order valence-corrected chi connectivity index (χ1v) is 7.42. The average molecular weight is 256 g/mol. The van der Waals surface area contributed by atoms with Crippen LogP contribution in [0.5, 0.6) is 0 Å². The zero-order chi connectivity index (χ0) is 13.8. The topological polar surface area (TPSA) is 24.5 Å². The van der Waals surface area contributed by atoms with Crippen LogP contribution in [0.2, 0.25) is 0 Å². The van der Waals surface area contributed by atoms with Crippen molar-refractivity contribution in [2.45, 2.75) is 78.1 Å². The molecule has 0 amide bonds. The summed E-state index contributed by atoms with van der Waals surface area (Å²) in [6, 6.07) is 1.22. The van der Waals surface area contributed by atoms with Crippen LogP contribution < -0.4 is 5.32 Å². The van der Waals surface area contributed by atoms with Crippen LogP contribution >= 0.6 is 0 Å². The second kappa shape index (κ2) is 6.88. The van der Waals surface area contributed by atoms with E-state index in [0.717, 1.165) is 19.7 Å². The third kappa shape index (κ3) is 5.68. The number of nitrogens with one attached hydrogen (secondary N) is 1. The summed E-state index contributed by atoms with van der Waals surface area (Å²) in [6.07, 6.45) is 2.90. The molecule has 1 N–H and O–H groups in total. The van der Waals surface area contributed by atoms with Crippen molar-refractivity contribution in [1.29, 1.82) is 0 Å². The summed E-state index contributed by atoms with van der Waals surface area (Å²) in [4.78, 5) is 2.60. The first-order valence-electron chi connectivity index (χ1n) is 7.42. The predicted octanol–water partition coefficient (Wildman–Crippen LogP) is 2.65. The standard InChI is InChI=1S/C15H32N2O/c1-12(8-7-9-16-15(4,5)6)17-10-14(3)18-11-13(17)2/h12-14,16H,7-11H2,1-6H3. The molecule has 0 aromatic rings. The molecule has 3 heteroatoms. The van der Waals surface area contributed by atoms with Crippen molar-refractivity contribution in [1.82, 2.24) is 10.2 Å². The molecular formula is C15H32N2O. The van der Waals surface area contributed by atoms with Gasteiger partial charge in [0.15, 0.2) is 0 Å². The summed E-state index contributed by atoms with van der Waals surface area (Å²) in [5.74, 6) is 0. The number of rotatable bonds is 5. The summed E-state index contributed by atoms with van der Waals surface area (Å²) < 4.78 is 5.69. The van der Waals surface area contributed by atoms with E-state index in [1.807, 2.05) is 0 Å². The van der Waals surface area contributed by atoms with Gasteiger partial charge in [0.05, 0.1) is 12.7 Å². The number of morpholine rings is 1. The lowest BCUT2D eigenvalue weighted by Crippen LogP contribution is -2.51. The highest BCUT2D eigenvalue weighted by molar-refractivity contribution is 4.80. The van der Waals surface area contributed by atoms with Gasteiger partial charge in [-0.25, -0.2) is 0 Å². The summed E-state index contributed by atoms with van der Waals surface area (Å²) in [5.41, 5.74) is 0.240. The van der Waals surface area contributed by atoms with Gasteiger partial charge >= 0.3 is 0 Å². The van der Waals surface area contributed by atoms with E-state index in [-0.39, 0.29) is 5.54 Å². The van der Waals surface area contributed by atoms with Crippen LogP contribution in [0.25, 0.3) is 0 Å². The molecule has 0 aromatic carbocycles. The summed E-state index contributed by atoms with van der Waals surface area (Å²) in [6.45, 7) is 16.5. The zero-order valence-corrected chi connectivity index (χ0v) is 13.1. The van der Waals surface area contributed by atoms with E-state index in [0.29, 0.717) is 18.2 Å². The molecule has 3 unspecified atom stereocenters. The lowest BCUT2D eigenvalue weighted by Gasteiger charge is -2.40. The molecule has 18 heavy (non-hydrogen) atoms. The first-order chi connectivity index (χ1) is 8.29. The molecule has 3 nitrogen and oxygen atoms in total. The van der Waals surface area contributed by atoms with Crippen molar-refractivity contribution in [2.75, 3.05) is 19.7 Å². The van der Waals surface area contributed by atoms with Crippen LogP contribution in [-0.4, -0.2) is 48.3 Å². The monoisotopic (exact) mass is 256 g/mol. The van der Waals surface area contributed by atoms with Crippen LogP contribution in [0.15, 0.2) is 0 Å². The average Bonchev–Trinajstić information content (AvgIpc) is 2.26. The Bertz CT molecular complexity index is 237. The maximum Gasteiger partial charge on any atom is 0.0674 e. The Balaban J connectivity index is 2.25. The minimum atomic E-state index is 0.240. The molecule has 3 atom stereocenters. The fraction of sp³-hybridized carbons (Fsp3) is 1.00. The van der Waals surface area contributed by atoms with Gasteiger partial charge in [0.2, 0.25) is 0 Å². The van der Waals surface area contributed by atoms with Crippen molar-refractivity contribution < 1.29 is 4.74 Å². The molecule has 1 aliphatic rings. The molecule has 0 spiro atoms. The van der Waals surface area contributed by atoms with E-state index in [4.69, 9.17) is 4.74 Å². The molecule has 108 valence electrons. The van der Waals surface area contributed by atoms with Gasteiger partial charge in [0.1, 0.15) is 0 Å². The Morgan fingerprint density at radius 2 is 2.00 bits per heavy atom. The Labute approximate surface area is 113 Å². The molecule has 1 fully saturated rings. The fourth-order valence-corrected chi connectivity index (χ4v) is 2.57. The van der Waals surface area contributed by atoms with Crippen molar-refractivity contribution in [3.8, 4) is 0 Å². The molecule has 1 aliphatic heterocycles. The second-order valence-electron chi connectivity index (χ2n) is 6.86. The molecule has 1 rings (SSSR count). The van der Waals surface area contributed by atoms with Gasteiger partial charge in [-0.05, 0) is 60.9 Å². The predicted molar refractivity (Wildman–Crippen MR) is 78.0 cm³/mol. The van der Waals surface area contributed by atoms with Crippen LogP contribution in [0.3, 0.4) is 0 Å². The van der Waals surface area contributed by atoms with Crippen LogP contribution in [0.4, 0.5) is 0 Å². The maximum absolute atomic E-state index is 5.69.